The highest BCUT2D eigenvalue weighted by atomic mass is 15.3. The summed E-state index contributed by atoms with van der Waals surface area (Å²) in [6.45, 7) is 6.04. The summed E-state index contributed by atoms with van der Waals surface area (Å²) >= 11 is 0. The molecule has 3 aromatic rings. The molecule has 6 nitrogen and oxygen atoms in total. The molecule has 118 valence electrons. The van der Waals surface area contributed by atoms with Crippen LogP contribution in [0.2, 0.25) is 0 Å². The Kier molecular flexibility index (Phi) is 3.46. The Balaban J connectivity index is 1.88. The molecule has 1 aliphatic rings. The van der Waals surface area contributed by atoms with Gasteiger partial charge in [0, 0.05) is 26.2 Å². The quantitative estimate of drug-likeness (QED) is 0.725. The summed E-state index contributed by atoms with van der Waals surface area (Å²) in [7, 11) is 2.15. The minimum Gasteiger partial charge on any atom is -0.351 e. The SMILES string of the molecule is C/C=C/c1ccc2nc(N3CCN(C)CC3)c3nncn3c2c1. The zero-order valence-electron chi connectivity index (χ0n) is 13.5. The van der Waals surface area contributed by atoms with Crippen molar-refractivity contribution in [3.05, 3.63) is 36.2 Å². The largest absolute Gasteiger partial charge is 0.351 e. The predicted molar refractivity (Wildman–Crippen MR) is 92.7 cm³/mol. The normalized spacial score (nSPS) is 16.9. The van der Waals surface area contributed by atoms with Crippen LogP contribution in [0.5, 0.6) is 0 Å². The Morgan fingerprint density at radius 3 is 2.74 bits per heavy atom. The standard InChI is InChI=1S/C17H20N6/c1-3-4-13-5-6-14-15(11-13)23-12-18-20-17(23)16(19-14)22-9-7-21(2)8-10-22/h3-6,11-12H,7-10H2,1-2H3/b4-3+. The van der Waals surface area contributed by atoms with Crippen molar-refractivity contribution in [3.63, 3.8) is 0 Å². The molecule has 23 heavy (non-hydrogen) atoms. The Morgan fingerprint density at radius 2 is 1.96 bits per heavy atom. The lowest BCUT2D eigenvalue weighted by Gasteiger charge is -2.33. The molecule has 1 aliphatic heterocycles. The molecule has 0 bridgehead atoms. The van der Waals surface area contributed by atoms with E-state index in [1.807, 2.05) is 17.4 Å². The number of piperazine rings is 1. The Morgan fingerprint density at radius 1 is 1.13 bits per heavy atom. The van der Waals surface area contributed by atoms with E-state index in [4.69, 9.17) is 4.98 Å². The molecule has 0 radical (unpaired) electrons. The van der Waals surface area contributed by atoms with Gasteiger partial charge in [-0.3, -0.25) is 4.40 Å². The lowest BCUT2D eigenvalue weighted by Crippen LogP contribution is -2.45. The zero-order chi connectivity index (χ0) is 15.8. The number of fused-ring (bicyclic) bond motifs is 3. The van der Waals surface area contributed by atoms with Crippen LogP contribution in [0.15, 0.2) is 30.6 Å². The van der Waals surface area contributed by atoms with E-state index in [0.29, 0.717) is 0 Å². The smallest absolute Gasteiger partial charge is 0.204 e. The van der Waals surface area contributed by atoms with Gasteiger partial charge in [-0.25, -0.2) is 4.98 Å². The second-order valence-electron chi connectivity index (χ2n) is 6.00. The van der Waals surface area contributed by atoms with Gasteiger partial charge in [0.05, 0.1) is 11.0 Å². The van der Waals surface area contributed by atoms with Crippen LogP contribution in [0.1, 0.15) is 12.5 Å². The molecule has 0 N–H and O–H groups in total. The molecule has 2 aromatic heterocycles. The van der Waals surface area contributed by atoms with E-state index in [1.165, 1.54) is 0 Å². The molecule has 6 heteroatoms. The summed E-state index contributed by atoms with van der Waals surface area (Å²) < 4.78 is 2.04. The second kappa shape index (κ2) is 5.62. The van der Waals surface area contributed by atoms with Crippen molar-refractivity contribution in [2.75, 3.05) is 38.1 Å². The number of allylic oxidation sites excluding steroid dienone is 1. The van der Waals surface area contributed by atoms with Gasteiger partial charge in [-0.1, -0.05) is 18.2 Å². The third-order valence-electron chi connectivity index (χ3n) is 4.40. The molecule has 0 atom stereocenters. The number of hydrogen-bond acceptors (Lipinski definition) is 5. The Hall–Kier alpha value is -2.47. The van der Waals surface area contributed by atoms with Gasteiger partial charge in [-0.05, 0) is 31.7 Å². The second-order valence-corrected chi connectivity index (χ2v) is 6.00. The maximum absolute atomic E-state index is 4.89. The number of nitrogens with zero attached hydrogens (tertiary/aromatic N) is 6. The summed E-state index contributed by atoms with van der Waals surface area (Å²) in [6.07, 6.45) is 5.90. The van der Waals surface area contributed by atoms with E-state index < -0.39 is 0 Å². The van der Waals surface area contributed by atoms with Crippen LogP contribution in [0.25, 0.3) is 22.8 Å². The van der Waals surface area contributed by atoms with Crippen LogP contribution in [-0.4, -0.2) is 57.7 Å². The van der Waals surface area contributed by atoms with E-state index in [9.17, 15) is 0 Å². The summed E-state index contributed by atoms with van der Waals surface area (Å²) in [5.74, 6) is 0.932. The van der Waals surface area contributed by atoms with Crippen LogP contribution in [0, 0.1) is 0 Å². The van der Waals surface area contributed by atoms with Crippen molar-refractivity contribution in [2.45, 2.75) is 6.92 Å². The van der Waals surface area contributed by atoms with E-state index in [0.717, 1.165) is 54.2 Å². The van der Waals surface area contributed by atoms with Gasteiger partial charge < -0.3 is 9.80 Å². The van der Waals surface area contributed by atoms with Crippen molar-refractivity contribution in [1.29, 1.82) is 0 Å². The highest BCUT2D eigenvalue weighted by Crippen LogP contribution is 2.25. The lowest BCUT2D eigenvalue weighted by atomic mass is 10.2. The van der Waals surface area contributed by atoms with Crippen molar-refractivity contribution in [2.24, 2.45) is 0 Å². The Bertz CT molecular complexity index is 873. The molecule has 0 aliphatic carbocycles. The fourth-order valence-electron chi connectivity index (χ4n) is 3.08. The lowest BCUT2D eigenvalue weighted by molar-refractivity contribution is 0.312. The monoisotopic (exact) mass is 308 g/mol. The minimum absolute atomic E-state index is 0.833. The average molecular weight is 308 g/mol. The van der Waals surface area contributed by atoms with E-state index in [-0.39, 0.29) is 0 Å². The first kappa shape index (κ1) is 14.1. The number of hydrogen-bond donors (Lipinski definition) is 0. The molecule has 4 rings (SSSR count). The topological polar surface area (TPSA) is 49.6 Å². The molecule has 1 saturated heterocycles. The van der Waals surface area contributed by atoms with Gasteiger partial charge in [0.2, 0.25) is 5.65 Å². The van der Waals surface area contributed by atoms with Gasteiger partial charge in [0.15, 0.2) is 5.82 Å². The molecule has 3 heterocycles. The third-order valence-corrected chi connectivity index (χ3v) is 4.40. The van der Waals surface area contributed by atoms with Crippen molar-refractivity contribution < 1.29 is 0 Å². The number of anilines is 1. The average Bonchev–Trinajstić information content (AvgIpc) is 3.05. The maximum atomic E-state index is 4.89. The third kappa shape index (κ3) is 2.45. The molecule has 1 fully saturated rings. The molecule has 0 unspecified atom stereocenters. The number of likely N-dealkylation sites (N-methyl/N-ethyl adjacent to an activating group) is 1. The summed E-state index contributed by atoms with van der Waals surface area (Å²) in [4.78, 5) is 9.53. The van der Waals surface area contributed by atoms with Gasteiger partial charge in [0.25, 0.3) is 0 Å². The number of rotatable bonds is 2. The maximum Gasteiger partial charge on any atom is 0.204 e. The van der Waals surface area contributed by atoms with Gasteiger partial charge in [-0.2, -0.15) is 0 Å². The van der Waals surface area contributed by atoms with Crippen LogP contribution < -0.4 is 4.90 Å². The first-order valence-electron chi connectivity index (χ1n) is 7.96. The molecule has 0 amide bonds. The summed E-state index contributed by atoms with van der Waals surface area (Å²) in [6, 6.07) is 6.30. The van der Waals surface area contributed by atoms with Crippen LogP contribution in [0.3, 0.4) is 0 Å². The van der Waals surface area contributed by atoms with E-state index >= 15 is 0 Å². The van der Waals surface area contributed by atoms with E-state index in [2.05, 4.69) is 51.3 Å². The van der Waals surface area contributed by atoms with Crippen LogP contribution in [0.4, 0.5) is 5.82 Å². The first-order valence-corrected chi connectivity index (χ1v) is 7.96. The van der Waals surface area contributed by atoms with Gasteiger partial charge in [0.1, 0.15) is 6.33 Å². The molecular formula is C17H20N6. The van der Waals surface area contributed by atoms with Crippen molar-refractivity contribution in [3.8, 4) is 0 Å². The molecular weight excluding hydrogens is 288 g/mol. The van der Waals surface area contributed by atoms with E-state index in [1.54, 1.807) is 6.33 Å². The van der Waals surface area contributed by atoms with Crippen molar-refractivity contribution >= 4 is 28.6 Å². The van der Waals surface area contributed by atoms with Crippen LogP contribution in [-0.2, 0) is 0 Å². The fourth-order valence-corrected chi connectivity index (χ4v) is 3.08. The number of aromatic nitrogens is 4. The molecule has 0 spiro atoms. The van der Waals surface area contributed by atoms with Crippen LogP contribution >= 0.6 is 0 Å². The minimum atomic E-state index is 0.833. The highest BCUT2D eigenvalue weighted by Gasteiger charge is 2.20. The van der Waals surface area contributed by atoms with Crippen molar-refractivity contribution in [1.82, 2.24) is 24.5 Å². The van der Waals surface area contributed by atoms with Gasteiger partial charge >= 0.3 is 0 Å². The first-order chi connectivity index (χ1) is 11.3. The number of benzene rings is 1. The Labute approximate surface area is 135 Å². The zero-order valence-corrected chi connectivity index (χ0v) is 13.5. The molecule has 1 aromatic carbocycles. The fraction of sp³-hybridized carbons (Fsp3) is 0.353. The highest BCUT2D eigenvalue weighted by molar-refractivity contribution is 5.84. The molecule has 0 saturated carbocycles. The predicted octanol–water partition coefficient (Wildman–Crippen LogP) is 2.06. The van der Waals surface area contributed by atoms with Gasteiger partial charge in [-0.15, -0.1) is 10.2 Å². The summed E-state index contributed by atoms with van der Waals surface area (Å²) in [5.41, 5.74) is 4.00. The summed E-state index contributed by atoms with van der Waals surface area (Å²) in [5, 5.41) is 8.43.